The third-order valence-corrected chi connectivity index (χ3v) is 5.44. The molecule has 0 unspecified atom stereocenters. The lowest BCUT2D eigenvalue weighted by Gasteiger charge is -2.36. The van der Waals surface area contributed by atoms with E-state index in [4.69, 9.17) is 5.73 Å². The van der Waals surface area contributed by atoms with Crippen LogP contribution in [-0.2, 0) is 10.0 Å². The number of nitrogens with one attached hydrogen (secondary N) is 1. The summed E-state index contributed by atoms with van der Waals surface area (Å²) in [5.74, 6) is -1.35. The van der Waals surface area contributed by atoms with Crippen molar-refractivity contribution in [2.45, 2.75) is 12.1 Å². The summed E-state index contributed by atoms with van der Waals surface area (Å²) in [5.41, 5.74) is 7.68. The van der Waals surface area contributed by atoms with Crippen molar-refractivity contribution in [1.82, 2.24) is 14.3 Å². The number of rotatable bonds is 3. The normalized spacial score (nSPS) is 18.4. The molecule has 1 heterocycles. The summed E-state index contributed by atoms with van der Waals surface area (Å²) in [6, 6.07) is 12.9. The van der Waals surface area contributed by atoms with Gasteiger partial charge in [-0.15, -0.1) is 0 Å². The van der Waals surface area contributed by atoms with E-state index in [1.807, 2.05) is 24.3 Å². The third-order valence-electron chi connectivity index (χ3n) is 4.76. The Hall–Kier alpha value is -3.04. The van der Waals surface area contributed by atoms with Gasteiger partial charge >= 0.3 is 5.69 Å². The van der Waals surface area contributed by atoms with E-state index in [1.54, 1.807) is 24.3 Å². The zero-order chi connectivity index (χ0) is 20.1. The second-order valence-electron chi connectivity index (χ2n) is 6.65. The van der Waals surface area contributed by atoms with E-state index in [-0.39, 0.29) is 0 Å². The maximum atomic E-state index is 14.2. The Morgan fingerprint density at radius 3 is 2.29 bits per heavy atom. The molecule has 1 aliphatic carbocycles. The minimum absolute atomic E-state index is 0.502. The maximum absolute atomic E-state index is 14.2. The molecule has 9 heteroatoms. The van der Waals surface area contributed by atoms with Gasteiger partial charge < -0.3 is 5.73 Å². The molecule has 3 N–H and O–H groups in total. The van der Waals surface area contributed by atoms with Gasteiger partial charge in [-0.1, -0.05) is 48.5 Å². The molecule has 3 aromatic rings. The molecule has 0 radical (unpaired) electrons. The Bertz CT molecular complexity index is 1240. The van der Waals surface area contributed by atoms with E-state index in [0.29, 0.717) is 11.1 Å². The van der Waals surface area contributed by atoms with Crippen LogP contribution in [0.25, 0.3) is 11.1 Å². The fourth-order valence-electron chi connectivity index (χ4n) is 3.69. The molecule has 0 amide bonds. The quantitative estimate of drug-likeness (QED) is 0.697. The number of halogens is 1. The van der Waals surface area contributed by atoms with Crippen LogP contribution in [0.3, 0.4) is 0 Å². The van der Waals surface area contributed by atoms with Gasteiger partial charge in [0.2, 0.25) is 10.0 Å². The fraction of sp³-hybridized carbons (Fsp3) is 0.158. The number of nitrogens with two attached hydrogens (primary N) is 1. The molecule has 4 rings (SSSR count). The van der Waals surface area contributed by atoms with Gasteiger partial charge in [0.25, 0.3) is 0 Å². The second kappa shape index (κ2) is 6.54. The fourth-order valence-corrected chi connectivity index (χ4v) is 4.41. The molecule has 0 aliphatic heterocycles. The summed E-state index contributed by atoms with van der Waals surface area (Å²) in [7, 11) is -3.65. The number of sulfonamides is 1. The predicted molar refractivity (Wildman–Crippen MR) is 104 cm³/mol. The number of nitrogen functional groups attached to an aromatic ring is 1. The molecule has 2 aromatic carbocycles. The molecule has 0 saturated carbocycles. The number of anilines is 1. The van der Waals surface area contributed by atoms with Crippen LogP contribution in [0.2, 0.25) is 0 Å². The number of benzene rings is 2. The molecule has 28 heavy (non-hydrogen) atoms. The van der Waals surface area contributed by atoms with Gasteiger partial charge in [-0.05, 0) is 22.3 Å². The van der Waals surface area contributed by atoms with Crippen LogP contribution in [0.4, 0.5) is 10.2 Å². The Labute approximate surface area is 160 Å². The summed E-state index contributed by atoms with van der Waals surface area (Å²) < 4.78 is 42.0. The van der Waals surface area contributed by atoms with E-state index in [1.165, 1.54) is 0 Å². The van der Waals surface area contributed by atoms with E-state index in [2.05, 4.69) is 9.71 Å². The number of fused-ring (bicyclic) bond motifs is 3. The lowest BCUT2D eigenvalue weighted by molar-refractivity contribution is 0.419. The smallest absolute Gasteiger partial charge is 0.350 e. The highest BCUT2D eigenvalue weighted by Gasteiger charge is 2.37. The number of hydrogen-bond donors (Lipinski definition) is 2. The number of aromatic nitrogens is 2. The SMILES string of the molecule is CS(=O)(=O)N[C@@H]1c2ccccc2-c2ccccc2[C@H]1n1cc(F)c(N)nc1=O. The summed E-state index contributed by atoms with van der Waals surface area (Å²) in [6.45, 7) is 0. The Morgan fingerprint density at radius 1 is 1.07 bits per heavy atom. The second-order valence-corrected chi connectivity index (χ2v) is 8.43. The van der Waals surface area contributed by atoms with Gasteiger partial charge in [0.05, 0.1) is 18.3 Å². The van der Waals surface area contributed by atoms with Crippen molar-refractivity contribution in [2.24, 2.45) is 0 Å². The van der Waals surface area contributed by atoms with Crippen LogP contribution in [0.15, 0.2) is 59.5 Å². The van der Waals surface area contributed by atoms with Gasteiger partial charge in [0.1, 0.15) is 0 Å². The average Bonchev–Trinajstić information content (AvgIpc) is 2.64. The topological polar surface area (TPSA) is 107 Å². The highest BCUT2D eigenvalue weighted by Crippen LogP contribution is 2.46. The summed E-state index contributed by atoms with van der Waals surface area (Å²) in [6.07, 6.45) is 2.01. The van der Waals surface area contributed by atoms with Crippen LogP contribution in [0, 0.1) is 5.82 Å². The highest BCUT2D eigenvalue weighted by molar-refractivity contribution is 7.88. The van der Waals surface area contributed by atoms with E-state index in [0.717, 1.165) is 28.1 Å². The van der Waals surface area contributed by atoms with Crippen molar-refractivity contribution >= 4 is 15.8 Å². The van der Waals surface area contributed by atoms with E-state index in [9.17, 15) is 17.6 Å². The van der Waals surface area contributed by atoms with Crippen molar-refractivity contribution in [2.75, 3.05) is 12.0 Å². The Morgan fingerprint density at radius 2 is 1.64 bits per heavy atom. The van der Waals surface area contributed by atoms with Crippen molar-refractivity contribution in [1.29, 1.82) is 0 Å². The summed E-state index contributed by atoms with van der Waals surface area (Å²) >= 11 is 0. The molecule has 0 fully saturated rings. The van der Waals surface area contributed by atoms with Crippen LogP contribution in [0.5, 0.6) is 0 Å². The molecule has 7 nitrogen and oxygen atoms in total. The van der Waals surface area contributed by atoms with Crippen LogP contribution in [-0.4, -0.2) is 24.2 Å². The lowest BCUT2D eigenvalue weighted by atomic mass is 9.79. The molecule has 1 aliphatic rings. The molecule has 0 saturated heterocycles. The number of hydrogen-bond acceptors (Lipinski definition) is 5. The first kappa shape index (κ1) is 18.3. The summed E-state index contributed by atoms with van der Waals surface area (Å²) in [5, 5.41) is 0. The van der Waals surface area contributed by atoms with Gasteiger partial charge in [-0.3, -0.25) is 4.57 Å². The largest absolute Gasteiger partial charge is 0.381 e. The first-order valence-electron chi connectivity index (χ1n) is 8.46. The van der Waals surface area contributed by atoms with Gasteiger partial charge in [-0.2, -0.15) is 4.98 Å². The molecular formula is C19H17FN4O3S. The molecule has 0 spiro atoms. The lowest BCUT2D eigenvalue weighted by Crippen LogP contribution is -2.41. The maximum Gasteiger partial charge on any atom is 0.350 e. The van der Waals surface area contributed by atoms with Gasteiger partial charge in [-0.25, -0.2) is 22.3 Å². The van der Waals surface area contributed by atoms with Crippen molar-refractivity contribution in [3.8, 4) is 11.1 Å². The van der Waals surface area contributed by atoms with Gasteiger partial charge in [0.15, 0.2) is 11.6 Å². The number of nitrogens with zero attached hydrogens (tertiary/aromatic N) is 2. The molecule has 2 atom stereocenters. The molecule has 144 valence electrons. The zero-order valence-corrected chi connectivity index (χ0v) is 15.7. The zero-order valence-electron chi connectivity index (χ0n) is 14.8. The first-order chi connectivity index (χ1) is 13.3. The highest BCUT2D eigenvalue weighted by atomic mass is 32.2. The van der Waals surface area contributed by atoms with E-state index < -0.39 is 39.4 Å². The summed E-state index contributed by atoms with van der Waals surface area (Å²) in [4.78, 5) is 16.1. The van der Waals surface area contributed by atoms with Crippen molar-refractivity contribution in [3.63, 3.8) is 0 Å². The van der Waals surface area contributed by atoms with Gasteiger partial charge in [0, 0.05) is 6.20 Å². The van der Waals surface area contributed by atoms with Crippen LogP contribution < -0.4 is 16.1 Å². The van der Waals surface area contributed by atoms with Crippen molar-refractivity contribution in [3.05, 3.63) is 82.2 Å². The average molecular weight is 400 g/mol. The monoisotopic (exact) mass is 400 g/mol. The Balaban J connectivity index is 2.05. The molecule has 0 bridgehead atoms. The minimum Gasteiger partial charge on any atom is -0.381 e. The Kier molecular flexibility index (Phi) is 4.28. The molecular weight excluding hydrogens is 383 g/mol. The van der Waals surface area contributed by atoms with Crippen LogP contribution in [0.1, 0.15) is 23.2 Å². The predicted octanol–water partition coefficient (Wildman–Crippen LogP) is 1.82. The van der Waals surface area contributed by atoms with E-state index >= 15 is 0 Å². The van der Waals surface area contributed by atoms with Crippen LogP contribution >= 0.6 is 0 Å². The standard InChI is InChI=1S/C19H17FN4O3S/c1-28(26,27)23-16-13-8-4-2-6-11(13)12-7-3-5-9-14(12)17(16)24-10-15(20)18(21)22-19(24)25/h2-10,16-17,23H,1H3,(H2,21,22,25)/t16-,17-/m1/s1. The molecule has 1 aromatic heterocycles. The minimum atomic E-state index is -3.65. The third kappa shape index (κ3) is 3.08. The van der Waals surface area contributed by atoms with Crippen molar-refractivity contribution < 1.29 is 12.8 Å². The first-order valence-corrected chi connectivity index (χ1v) is 10.3.